The summed E-state index contributed by atoms with van der Waals surface area (Å²) in [5.74, 6) is -5.70. The average Bonchev–Trinajstić information content (AvgIpc) is 2.73. The van der Waals surface area contributed by atoms with Crippen LogP contribution in [-0.2, 0) is 14.4 Å². The van der Waals surface area contributed by atoms with Crippen LogP contribution in [0.25, 0.3) is 0 Å². The summed E-state index contributed by atoms with van der Waals surface area (Å²) in [4.78, 5) is 33.1. The molecule has 0 bridgehead atoms. The van der Waals surface area contributed by atoms with Crippen molar-refractivity contribution in [3.8, 4) is 0 Å². The largest absolute Gasteiger partial charge is 1.00 e. The van der Waals surface area contributed by atoms with Gasteiger partial charge in [0.2, 0.25) is 0 Å². The first kappa shape index (κ1) is 14.7. The average molecular weight is 280 g/mol. The van der Waals surface area contributed by atoms with Crippen molar-refractivity contribution in [1.82, 2.24) is 0 Å². The van der Waals surface area contributed by atoms with Gasteiger partial charge in [0.1, 0.15) is 0 Å². The SMILES string of the molecule is O=C(O)[C@H]1C[C@@H](C(=O)O)[C@H]2C[NH2+][C@H](C(=O)O)[C@H]21.[Cl-]. The van der Waals surface area contributed by atoms with Crippen LogP contribution in [0.1, 0.15) is 6.42 Å². The second kappa shape index (κ2) is 5.11. The second-order valence-electron chi connectivity index (χ2n) is 4.70. The number of quaternary nitrogens is 1. The fraction of sp³-hybridized carbons (Fsp3) is 0.700. The van der Waals surface area contributed by atoms with E-state index in [4.69, 9.17) is 15.3 Å². The van der Waals surface area contributed by atoms with Crippen LogP contribution < -0.4 is 17.7 Å². The maximum Gasteiger partial charge on any atom is 0.362 e. The number of aliphatic carboxylic acids is 3. The predicted molar refractivity (Wildman–Crippen MR) is 52.1 cm³/mol. The van der Waals surface area contributed by atoms with Crippen LogP contribution in [0, 0.1) is 23.7 Å². The van der Waals surface area contributed by atoms with Gasteiger partial charge in [-0.05, 0) is 6.42 Å². The van der Waals surface area contributed by atoms with Crippen LogP contribution in [0.2, 0.25) is 0 Å². The Kier molecular flexibility index (Phi) is 4.18. The second-order valence-corrected chi connectivity index (χ2v) is 4.70. The minimum atomic E-state index is -1.09. The third-order valence-electron chi connectivity index (χ3n) is 3.98. The molecule has 2 aliphatic rings. The van der Waals surface area contributed by atoms with Crippen molar-refractivity contribution in [3.05, 3.63) is 0 Å². The van der Waals surface area contributed by atoms with Crippen LogP contribution in [0.3, 0.4) is 0 Å². The highest BCUT2D eigenvalue weighted by Crippen LogP contribution is 2.44. The van der Waals surface area contributed by atoms with E-state index >= 15 is 0 Å². The summed E-state index contributed by atoms with van der Waals surface area (Å²) < 4.78 is 0. The van der Waals surface area contributed by atoms with E-state index in [1.165, 1.54) is 0 Å². The fourth-order valence-corrected chi connectivity index (χ4v) is 3.29. The lowest BCUT2D eigenvalue weighted by Gasteiger charge is -2.15. The minimum Gasteiger partial charge on any atom is -1.00 e. The first-order chi connectivity index (χ1) is 7.93. The molecule has 0 aromatic carbocycles. The molecule has 0 amide bonds. The number of carbonyl (C=O) groups is 3. The van der Waals surface area contributed by atoms with Gasteiger partial charge in [-0.1, -0.05) is 0 Å². The Balaban J connectivity index is 0.00000162. The van der Waals surface area contributed by atoms with Crippen molar-refractivity contribution in [1.29, 1.82) is 0 Å². The van der Waals surface area contributed by atoms with Gasteiger partial charge in [0.25, 0.3) is 0 Å². The van der Waals surface area contributed by atoms with Gasteiger partial charge in [-0.15, -0.1) is 0 Å². The smallest absolute Gasteiger partial charge is 0.362 e. The summed E-state index contributed by atoms with van der Waals surface area (Å²) in [5, 5.41) is 28.6. The number of hydrogen-bond donors (Lipinski definition) is 4. The van der Waals surface area contributed by atoms with E-state index in [1.54, 1.807) is 5.32 Å². The van der Waals surface area contributed by atoms with Crippen LogP contribution in [0.5, 0.6) is 0 Å². The van der Waals surface area contributed by atoms with Gasteiger partial charge in [0.15, 0.2) is 6.04 Å². The van der Waals surface area contributed by atoms with Gasteiger partial charge in [0, 0.05) is 11.8 Å². The summed E-state index contributed by atoms with van der Waals surface area (Å²) in [7, 11) is 0. The Morgan fingerprint density at radius 1 is 0.944 bits per heavy atom. The summed E-state index contributed by atoms with van der Waals surface area (Å²) in [6, 6.07) is -0.828. The third-order valence-corrected chi connectivity index (χ3v) is 3.98. The highest BCUT2D eigenvalue weighted by molar-refractivity contribution is 5.79. The van der Waals surface area contributed by atoms with Crippen LogP contribution in [0.15, 0.2) is 0 Å². The highest BCUT2D eigenvalue weighted by Gasteiger charge is 2.59. The molecule has 7 nitrogen and oxygen atoms in total. The lowest BCUT2D eigenvalue weighted by Crippen LogP contribution is -3.00. The number of hydrogen-bond acceptors (Lipinski definition) is 3. The lowest BCUT2D eigenvalue weighted by atomic mass is 9.85. The highest BCUT2D eigenvalue weighted by atomic mass is 35.5. The quantitative estimate of drug-likeness (QED) is 0.410. The van der Waals surface area contributed by atoms with Gasteiger partial charge < -0.3 is 33.0 Å². The van der Waals surface area contributed by atoms with Gasteiger partial charge in [0.05, 0.1) is 18.4 Å². The van der Waals surface area contributed by atoms with E-state index in [0.29, 0.717) is 6.54 Å². The van der Waals surface area contributed by atoms with Crippen LogP contribution in [0.4, 0.5) is 0 Å². The number of rotatable bonds is 3. The molecule has 0 spiro atoms. The minimum absolute atomic E-state index is 0. The fourth-order valence-electron chi connectivity index (χ4n) is 3.29. The molecule has 1 saturated carbocycles. The molecular formula is C10H14ClNO6. The normalized spacial score (nSPS) is 37.7. The van der Waals surface area contributed by atoms with Gasteiger partial charge in [-0.2, -0.15) is 0 Å². The summed E-state index contributed by atoms with van der Waals surface area (Å²) in [5.41, 5.74) is 0. The number of nitrogens with two attached hydrogens (primary N) is 1. The van der Waals surface area contributed by atoms with Gasteiger partial charge in [-0.3, -0.25) is 9.59 Å². The zero-order valence-electron chi connectivity index (χ0n) is 9.32. The molecule has 5 N–H and O–H groups in total. The third kappa shape index (κ3) is 2.15. The lowest BCUT2D eigenvalue weighted by molar-refractivity contribution is -0.664. The van der Waals surface area contributed by atoms with Crippen molar-refractivity contribution < 1.29 is 47.4 Å². The predicted octanol–water partition coefficient (Wildman–Crippen LogP) is -4.94. The molecule has 1 aliphatic carbocycles. The van der Waals surface area contributed by atoms with E-state index in [2.05, 4.69) is 0 Å². The Hall–Kier alpha value is -1.34. The van der Waals surface area contributed by atoms with Gasteiger partial charge >= 0.3 is 17.9 Å². The van der Waals surface area contributed by atoms with Crippen molar-refractivity contribution in [2.45, 2.75) is 12.5 Å². The molecule has 18 heavy (non-hydrogen) atoms. The standard InChI is InChI=1S/C10H13NO6.ClH/c12-8(13)3-1-4(9(14)15)6-5(3)2-11-7(6)10(16)17;/h3-7,11H,1-2H2,(H,12,13)(H,14,15)(H,16,17);1H/t3-,4+,5-,6+,7+;/m1./s1. The molecular weight excluding hydrogens is 266 g/mol. The van der Waals surface area contributed by atoms with E-state index in [9.17, 15) is 14.4 Å². The van der Waals surface area contributed by atoms with Crippen LogP contribution in [-0.4, -0.2) is 45.8 Å². The first-order valence-corrected chi connectivity index (χ1v) is 5.45. The molecule has 1 saturated heterocycles. The number of fused-ring (bicyclic) bond motifs is 1. The van der Waals surface area contributed by atoms with E-state index in [1.807, 2.05) is 0 Å². The molecule has 0 aromatic rings. The Morgan fingerprint density at radius 2 is 1.50 bits per heavy atom. The van der Waals surface area contributed by atoms with Crippen molar-refractivity contribution in [2.24, 2.45) is 23.7 Å². The summed E-state index contributed by atoms with van der Waals surface area (Å²) >= 11 is 0. The maximum absolute atomic E-state index is 11.1. The summed E-state index contributed by atoms with van der Waals surface area (Å²) in [6.45, 7) is 0.377. The summed E-state index contributed by atoms with van der Waals surface area (Å²) in [6.07, 6.45) is 0.0393. The Bertz CT molecular complexity index is 375. The molecule has 2 rings (SSSR count). The monoisotopic (exact) mass is 279 g/mol. The Labute approximate surface area is 109 Å². The molecule has 5 atom stereocenters. The van der Waals surface area contributed by atoms with Crippen molar-refractivity contribution in [3.63, 3.8) is 0 Å². The molecule has 8 heteroatoms. The van der Waals surface area contributed by atoms with E-state index < -0.39 is 41.7 Å². The molecule has 0 radical (unpaired) electrons. The molecule has 102 valence electrons. The van der Waals surface area contributed by atoms with E-state index in [0.717, 1.165) is 0 Å². The first-order valence-electron chi connectivity index (χ1n) is 5.45. The zero-order chi connectivity index (χ0) is 12.7. The number of carboxylic acid groups (broad SMARTS) is 3. The zero-order valence-corrected chi connectivity index (χ0v) is 10.1. The number of halogens is 1. The number of carboxylic acids is 3. The molecule has 2 fully saturated rings. The van der Waals surface area contributed by atoms with Crippen molar-refractivity contribution >= 4 is 17.9 Å². The molecule has 0 aromatic heterocycles. The van der Waals surface area contributed by atoms with Crippen molar-refractivity contribution in [2.75, 3.05) is 6.54 Å². The van der Waals surface area contributed by atoms with Crippen LogP contribution >= 0.6 is 0 Å². The molecule has 0 unspecified atom stereocenters. The molecule has 1 aliphatic heterocycles. The topological polar surface area (TPSA) is 129 Å². The Morgan fingerprint density at radius 3 is 1.94 bits per heavy atom. The molecule has 1 heterocycles. The van der Waals surface area contributed by atoms with Gasteiger partial charge in [-0.25, -0.2) is 4.79 Å². The maximum atomic E-state index is 11.1. The van der Waals surface area contributed by atoms with E-state index in [-0.39, 0.29) is 24.7 Å².